The Morgan fingerprint density at radius 3 is 0.984 bits per heavy atom. The first-order chi connectivity index (χ1) is 30.8. The van der Waals surface area contributed by atoms with Crippen LogP contribution in [0.15, 0.2) is 231 Å². The van der Waals surface area contributed by atoms with Crippen LogP contribution in [0.3, 0.4) is 0 Å². The van der Waals surface area contributed by atoms with Crippen molar-refractivity contribution in [3.8, 4) is 33.8 Å². The standard InChI is InChI=1S/C58H42O2P2/c1-5-21-45(22-6-1)61(46-23-7-2-8-24-46)53-33-17-31-51-57(53)58-52(32-18-34-54(58)62(47-25-9-3-10-26-47)48-27-11-4-12-28-48)60-40-44-38-36-42-20-14-16-30-50(42)56(44)55-43(39-59-51)37-35-41-19-13-15-29-49(41)55/h1-38H,39-40H2. The molecule has 1 aliphatic rings. The fourth-order valence-corrected chi connectivity index (χ4v) is 14.0. The molecule has 1 aliphatic heterocycles. The molecule has 0 atom stereocenters. The Kier molecular flexibility index (Phi) is 10.4. The van der Waals surface area contributed by atoms with Crippen molar-refractivity contribution in [1.29, 1.82) is 0 Å². The molecule has 0 spiro atoms. The van der Waals surface area contributed by atoms with Crippen molar-refractivity contribution >= 4 is 69.2 Å². The minimum Gasteiger partial charge on any atom is -0.488 e. The number of hydrogen-bond donors (Lipinski definition) is 0. The van der Waals surface area contributed by atoms with Gasteiger partial charge in [-0.05, 0) is 104 Å². The van der Waals surface area contributed by atoms with Gasteiger partial charge in [0.25, 0.3) is 0 Å². The summed E-state index contributed by atoms with van der Waals surface area (Å²) in [5.41, 5.74) is 6.82. The molecule has 0 unspecified atom stereocenters. The first-order valence-electron chi connectivity index (χ1n) is 21.1. The van der Waals surface area contributed by atoms with Gasteiger partial charge in [0.2, 0.25) is 0 Å². The van der Waals surface area contributed by atoms with Crippen LogP contribution in [0.1, 0.15) is 11.1 Å². The van der Waals surface area contributed by atoms with Crippen molar-refractivity contribution in [3.05, 3.63) is 242 Å². The van der Waals surface area contributed by atoms with Crippen LogP contribution in [0, 0.1) is 0 Å². The molecule has 296 valence electrons. The van der Waals surface area contributed by atoms with E-state index in [0.29, 0.717) is 13.2 Å². The minimum absolute atomic E-state index is 0.387. The summed E-state index contributed by atoms with van der Waals surface area (Å²) in [7, 11) is -2.08. The first-order valence-corrected chi connectivity index (χ1v) is 23.8. The average Bonchev–Trinajstić information content (AvgIpc) is 3.34. The first kappa shape index (κ1) is 38.1. The quantitative estimate of drug-likeness (QED) is 0.155. The van der Waals surface area contributed by atoms with Gasteiger partial charge in [-0.3, -0.25) is 0 Å². The summed E-state index contributed by atoms with van der Waals surface area (Å²) in [4.78, 5) is 0. The molecule has 0 radical (unpaired) electrons. The highest BCUT2D eigenvalue weighted by molar-refractivity contribution is 7.80. The molecule has 0 N–H and O–H groups in total. The SMILES string of the molecule is c1ccc(P(c2ccccc2)c2cccc3c2-c2c(cccc2P(c2ccccc2)c2ccccc2)OCc2ccc4ccccc4c2-c2c(ccc4ccccc24)CO3)cc1. The molecule has 1 heterocycles. The lowest BCUT2D eigenvalue weighted by Gasteiger charge is -2.29. The maximum atomic E-state index is 7.39. The highest BCUT2D eigenvalue weighted by Gasteiger charge is 2.31. The summed E-state index contributed by atoms with van der Waals surface area (Å²) < 4.78 is 14.8. The highest BCUT2D eigenvalue weighted by Crippen LogP contribution is 2.48. The van der Waals surface area contributed by atoms with Gasteiger partial charge in [-0.15, -0.1) is 0 Å². The lowest BCUT2D eigenvalue weighted by atomic mass is 9.87. The monoisotopic (exact) mass is 832 g/mol. The Morgan fingerprint density at radius 2 is 0.613 bits per heavy atom. The third-order valence-electron chi connectivity index (χ3n) is 11.8. The molecule has 0 fully saturated rings. The number of hydrogen-bond acceptors (Lipinski definition) is 2. The Bertz CT molecular complexity index is 2890. The zero-order valence-corrected chi connectivity index (χ0v) is 35.9. The summed E-state index contributed by atoms with van der Waals surface area (Å²) in [5, 5.41) is 12.4. The Hall–Kier alpha value is -6.82. The molecule has 62 heavy (non-hydrogen) atoms. The second-order valence-corrected chi connectivity index (χ2v) is 19.9. The van der Waals surface area contributed by atoms with Gasteiger partial charge in [0, 0.05) is 11.1 Å². The second-order valence-electron chi connectivity index (χ2n) is 15.5. The van der Waals surface area contributed by atoms with Crippen LogP contribution in [-0.4, -0.2) is 0 Å². The average molecular weight is 833 g/mol. The highest BCUT2D eigenvalue weighted by atomic mass is 31.1. The van der Waals surface area contributed by atoms with E-state index < -0.39 is 15.8 Å². The van der Waals surface area contributed by atoms with Gasteiger partial charge in [-0.2, -0.15) is 0 Å². The van der Waals surface area contributed by atoms with E-state index in [1.807, 2.05) is 0 Å². The number of rotatable bonds is 6. The summed E-state index contributed by atoms with van der Waals surface area (Å²) in [6, 6.07) is 83.8. The van der Waals surface area contributed by atoms with Crippen LogP contribution in [0.2, 0.25) is 0 Å². The zero-order chi connectivity index (χ0) is 41.2. The van der Waals surface area contributed by atoms with Crippen molar-refractivity contribution in [3.63, 3.8) is 0 Å². The molecule has 10 aromatic carbocycles. The van der Waals surface area contributed by atoms with E-state index in [2.05, 4.69) is 231 Å². The van der Waals surface area contributed by atoms with Crippen LogP contribution < -0.4 is 41.3 Å². The molecule has 4 heteroatoms. The largest absolute Gasteiger partial charge is 0.488 e. The molecule has 10 aromatic rings. The molecular formula is C58H42O2P2. The molecule has 0 bridgehead atoms. The van der Waals surface area contributed by atoms with E-state index in [-0.39, 0.29) is 0 Å². The predicted octanol–water partition coefficient (Wildman–Crippen LogP) is 12.3. The fraction of sp³-hybridized carbons (Fsp3) is 0.0345. The van der Waals surface area contributed by atoms with Gasteiger partial charge < -0.3 is 9.47 Å². The van der Waals surface area contributed by atoms with Crippen LogP contribution in [-0.2, 0) is 13.2 Å². The van der Waals surface area contributed by atoms with Gasteiger partial charge in [-0.1, -0.05) is 218 Å². The molecule has 0 amide bonds. The summed E-state index contributed by atoms with van der Waals surface area (Å²) in [5.74, 6) is 1.68. The van der Waals surface area contributed by atoms with Gasteiger partial charge in [0.15, 0.2) is 0 Å². The predicted molar refractivity (Wildman–Crippen MR) is 265 cm³/mol. The maximum absolute atomic E-state index is 7.39. The lowest BCUT2D eigenvalue weighted by Crippen LogP contribution is -2.26. The van der Waals surface area contributed by atoms with Crippen LogP contribution in [0.5, 0.6) is 11.5 Å². The van der Waals surface area contributed by atoms with Gasteiger partial charge in [0.1, 0.15) is 24.7 Å². The minimum atomic E-state index is -1.04. The normalized spacial score (nSPS) is 12.3. The van der Waals surface area contributed by atoms with Gasteiger partial charge in [0.05, 0.1) is 0 Å². The molecule has 2 nitrogen and oxygen atoms in total. The zero-order valence-electron chi connectivity index (χ0n) is 34.1. The Balaban J connectivity index is 1.24. The van der Waals surface area contributed by atoms with E-state index in [4.69, 9.17) is 9.47 Å². The second kappa shape index (κ2) is 16.9. The molecule has 11 rings (SSSR count). The summed E-state index contributed by atoms with van der Waals surface area (Å²) in [6.07, 6.45) is 0. The number of fused-ring (bicyclic) bond motifs is 10. The third kappa shape index (κ3) is 7.06. The van der Waals surface area contributed by atoms with Crippen molar-refractivity contribution in [2.45, 2.75) is 13.2 Å². The third-order valence-corrected chi connectivity index (χ3v) is 16.8. The number of ether oxygens (including phenoxy) is 2. The molecular weight excluding hydrogens is 791 g/mol. The number of benzene rings is 10. The Morgan fingerprint density at radius 1 is 0.274 bits per heavy atom. The maximum Gasteiger partial charge on any atom is 0.128 e. The van der Waals surface area contributed by atoms with Crippen molar-refractivity contribution < 1.29 is 9.47 Å². The van der Waals surface area contributed by atoms with E-state index >= 15 is 0 Å². The molecule has 0 saturated heterocycles. The topological polar surface area (TPSA) is 18.5 Å². The van der Waals surface area contributed by atoms with E-state index in [0.717, 1.165) is 33.8 Å². The van der Waals surface area contributed by atoms with E-state index in [1.54, 1.807) is 0 Å². The lowest BCUT2D eigenvalue weighted by molar-refractivity contribution is 0.302. The van der Waals surface area contributed by atoms with Gasteiger partial charge in [-0.25, -0.2) is 0 Å². The molecule has 0 saturated carbocycles. The molecule has 0 aliphatic carbocycles. The summed E-state index contributed by atoms with van der Waals surface area (Å²) >= 11 is 0. The fourth-order valence-electron chi connectivity index (χ4n) is 9.09. The van der Waals surface area contributed by atoms with Crippen molar-refractivity contribution in [2.75, 3.05) is 0 Å². The van der Waals surface area contributed by atoms with Crippen molar-refractivity contribution in [2.24, 2.45) is 0 Å². The van der Waals surface area contributed by atoms with Crippen LogP contribution >= 0.6 is 15.8 Å². The Labute approximate surface area is 365 Å². The molecule has 0 aromatic heterocycles. The van der Waals surface area contributed by atoms with Crippen molar-refractivity contribution in [1.82, 2.24) is 0 Å². The van der Waals surface area contributed by atoms with E-state index in [9.17, 15) is 0 Å². The van der Waals surface area contributed by atoms with E-state index in [1.165, 1.54) is 64.5 Å². The van der Waals surface area contributed by atoms with Gasteiger partial charge >= 0.3 is 0 Å². The van der Waals surface area contributed by atoms with Crippen LogP contribution in [0.25, 0.3) is 43.8 Å². The van der Waals surface area contributed by atoms with Crippen LogP contribution in [0.4, 0.5) is 0 Å². The summed E-state index contributed by atoms with van der Waals surface area (Å²) in [6.45, 7) is 0.775. The smallest absolute Gasteiger partial charge is 0.128 e.